The van der Waals surface area contributed by atoms with Crippen molar-refractivity contribution in [3.05, 3.63) is 0 Å². The van der Waals surface area contributed by atoms with Crippen LogP contribution in [0.4, 0.5) is 0 Å². The van der Waals surface area contributed by atoms with E-state index in [0.29, 0.717) is 0 Å². The number of guanidine groups is 1. The molecule has 0 amide bonds. The molecule has 0 radical (unpaired) electrons. The summed E-state index contributed by atoms with van der Waals surface area (Å²) in [4.78, 5) is 4.40. The van der Waals surface area contributed by atoms with Crippen LogP contribution in [0.15, 0.2) is 4.99 Å². The molecule has 0 aromatic carbocycles. The van der Waals surface area contributed by atoms with Gasteiger partial charge in [-0.05, 0) is 25.0 Å². The molecule has 2 N–H and O–H groups in total. The molecule has 0 aliphatic carbocycles. The lowest BCUT2D eigenvalue weighted by Gasteiger charge is -2.23. The first-order valence-corrected chi connectivity index (χ1v) is 6.64. The molecule has 0 saturated carbocycles. The summed E-state index contributed by atoms with van der Waals surface area (Å²) in [6.45, 7) is 3.13. The first kappa shape index (κ1) is 10.1. The summed E-state index contributed by atoms with van der Waals surface area (Å²) in [5, 5.41) is 7.50. The molecular weight excluding hydrogens is 194 g/mol. The zero-order valence-electron chi connectivity index (χ0n) is 8.59. The SMILES string of the molecule is C1CN=C(NC[C@H]2CCCCS2)NC1. The van der Waals surface area contributed by atoms with Gasteiger partial charge in [0.05, 0.1) is 0 Å². The molecule has 1 saturated heterocycles. The third-order valence-corrected chi connectivity index (χ3v) is 4.07. The average Bonchev–Trinajstić information content (AvgIpc) is 2.29. The van der Waals surface area contributed by atoms with Gasteiger partial charge in [-0.2, -0.15) is 11.8 Å². The van der Waals surface area contributed by atoms with Crippen molar-refractivity contribution in [2.24, 2.45) is 4.99 Å². The number of thioether (sulfide) groups is 1. The topological polar surface area (TPSA) is 36.4 Å². The summed E-state index contributed by atoms with van der Waals surface area (Å²) in [5.74, 6) is 2.36. The van der Waals surface area contributed by atoms with Gasteiger partial charge in [-0.3, -0.25) is 4.99 Å². The van der Waals surface area contributed by atoms with Crippen LogP contribution in [0.3, 0.4) is 0 Å². The smallest absolute Gasteiger partial charge is 0.191 e. The molecule has 1 fully saturated rings. The third kappa shape index (κ3) is 3.08. The molecule has 4 heteroatoms. The molecule has 0 unspecified atom stereocenters. The van der Waals surface area contributed by atoms with E-state index in [9.17, 15) is 0 Å². The monoisotopic (exact) mass is 213 g/mol. The van der Waals surface area contributed by atoms with Crippen LogP contribution in [0.5, 0.6) is 0 Å². The molecule has 0 spiro atoms. The maximum Gasteiger partial charge on any atom is 0.191 e. The van der Waals surface area contributed by atoms with E-state index in [1.165, 1.54) is 31.4 Å². The van der Waals surface area contributed by atoms with Crippen LogP contribution in [0, 0.1) is 0 Å². The minimum atomic E-state index is 0.801. The van der Waals surface area contributed by atoms with Crippen molar-refractivity contribution in [2.75, 3.05) is 25.4 Å². The van der Waals surface area contributed by atoms with Crippen LogP contribution in [-0.4, -0.2) is 36.6 Å². The number of nitrogens with one attached hydrogen (secondary N) is 2. The number of hydrogen-bond acceptors (Lipinski definition) is 4. The maximum absolute atomic E-state index is 4.40. The molecule has 2 heterocycles. The molecule has 0 bridgehead atoms. The standard InChI is InChI=1S/C10H19N3S/c1-2-7-14-9(4-1)8-13-10-11-5-3-6-12-10/h9H,1-8H2,(H2,11,12,13)/t9-/m1/s1. The Balaban J connectivity index is 1.67. The molecular formula is C10H19N3S. The molecule has 2 aliphatic heterocycles. The van der Waals surface area contributed by atoms with E-state index >= 15 is 0 Å². The summed E-state index contributed by atoms with van der Waals surface area (Å²) in [6.07, 6.45) is 5.34. The van der Waals surface area contributed by atoms with Crippen LogP contribution in [-0.2, 0) is 0 Å². The Morgan fingerprint density at radius 3 is 3.14 bits per heavy atom. The van der Waals surface area contributed by atoms with E-state index in [2.05, 4.69) is 27.4 Å². The van der Waals surface area contributed by atoms with Crippen molar-refractivity contribution in [1.29, 1.82) is 0 Å². The van der Waals surface area contributed by atoms with Gasteiger partial charge in [-0.15, -0.1) is 0 Å². The van der Waals surface area contributed by atoms with Gasteiger partial charge < -0.3 is 10.6 Å². The molecule has 80 valence electrons. The maximum atomic E-state index is 4.40. The lowest BCUT2D eigenvalue weighted by atomic mass is 10.2. The predicted octanol–water partition coefficient (Wildman–Crippen LogP) is 1.21. The van der Waals surface area contributed by atoms with Crippen molar-refractivity contribution in [1.82, 2.24) is 10.6 Å². The van der Waals surface area contributed by atoms with Gasteiger partial charge in [0, 0.05) is 24.9 Å². The summed E-state index contributed by atoms with van der Waals surface area (Å²) < 4.78 is 0. The van der Waals surface area contributed by atoms with Crippen LogP contribution < -0.4 is 10.6 Å². The minimum absolute atomic E-state index is 0.801. The Kier molecular flexibility index (Phi) is 3.98. The van der Waals surface area contributed by atoms with Gasteiger partial charge >= 0.3 is 0 Å². The zero-order chi connectivity index (χ0) is 9.64. The van der Waals surface area contributed by atoms with Gasteiger partial charge in [0.15, 0.2) is 5.96 Å². The van der Waals surface area contributed by atoms with E-state index < -0.39 is 0 Å². The van der Waals surface area contributed by atoms with Gasteiger partial charge in [0.1, 0.15) is 0 Å². The lowest BCUT2D eigenvalue weighted by Crippen LogP contribution is -2.43. The largest absolute Gasteiger partial charge is 0.356 e. The van der Waals surface area contributed by atoms with E-state index in [0.717, 1.165) is 30.8 Å². The highest BCUT2D eigenvalue weighted by atomic mass is 32.2. The quantitative estimate of drug-likeness (QED) is 0.724. The third-order valence-electron chi connectivity index (χ3n) is 2.67. The Morgan fingerprint density at radius 2 is 2.43 bits per heavy atom. The fourth-order valence-electron chi connectivity index (χ4n) is 1.83. The van der Waals surface area contributed by atoms with Crippen LogP contribution in [0.1, 0.15) is 25.7 Å². The molecule has 3 nitrogen and oxygen atoms in total. The van der Waals surface area contributed by atoms with Crippen molar-refractivity contribution < 1.29 is 0 Å². The summed E-state index contributed by atoms with van der Waals surface area (Å²) >= 11 is 2.11. The van der Waals surface area contributed by atoms with Crippen molar-refractivity contribution in [3.8, 4) is 0 Å². The van der Waals surface area contributed by atoms with Crippen molar-refractivity contribution in [3.63, 3.8) is 0 Å². The van der Waals surface area contributed by atoms with E-state index in [1.807, 2.05) is 0 Å². The summed E-state index contributed by atoms with van der Waals surface area (Å²) in [7, 11) is 0. The molecule has 1 atom stereocenters. The van der Waals surface area contributed by atoms with E-state index in [-0.39, 0.29) is 0 Å². The summed E-state index contributed by atoms with van der Waals surface area (Å²) in [5.41, 5.74) is 0. The second kappa shape index (κ2) is 5.49. The van der Waals surface area contributed by atoms with Gasteiger partial charge in [0.25, 0.3) is 0 Å². The molecule has 0 aromatic rings. The number of rotatable bonds is 2. The normalized spacial score (nSPS) is 27.7. The highest BCUT2D eigenvalue weighted by molar-refractivity contribution is 7.99. The number of hydrogen-bond donors (Lipinski definition) is 2. The first-order valence-electron chi connectivity index (χ1n) is 5.59. The Hall–Kier alpha value is -0.380. The van der Waals surface area contributed by atoms with E-state index in [4.69, 9.17) is 0 Å². The Bertz CT molecular complexity index is 200. The lowest BCUT2D eigenvalue weighted by molar-refractivity contribution is 0.633. The number of nitrogens with zero attached hydrogens (tertiary/aromatic N) is 1. The second-order valence-electron chi connectivity index (χ2n) is 3.88. The second-order valence-corrected chi connectivity index (χ2v) is 5.29. The Labute approximate surface area is 90.1 Å². The summed E-state index contributed by atoms with van der Waals surface area (Å²) in [6, 6.07) is 0. The van der Waals surface area contributed by atoms with Gasteiger partial charge in [-0.1, -0.05) is 6.42 Å². The van der Waals surface area contributed by atoms with Gasteiger partial charge in [-0.25, -0.2) is 0 Å². The Morgan fingerprint density at radius 1 is 1.43 bits per heavy atom. The number of aliphatic imine (C=N–C) groups is 1. The predicted molar refractivity (Wildman–Crippen MR) is 63.0 cm³/mol. The van der Waals surface area contributed by atoms with Crippen molar-refractivity contribution >= 4 is 17.7 Å². The molecule has 0 aromatic heterocycles. The zero-order valence-corrected chi connectivity index (χ0v) is 9.41. The van der Waals surface area contributed by atoms with Crippen molar-refractivity contribution in [2.45, 2.75) is 30.9 Å². The average molecular weight is 213 g/mol. The molecule has 2 aliphatic rings. The fourth-order valence-corrected chi connectivity index (χ4v) is 3.07. The minimum Gasteiger partial charge on any atom is -0.356 e. The fraction of sp³-hybridized carbons (Fsp3) is 0.900. The van der Waals surface area contributed by atoms with Crippen LogP contribution in [0.25, 0.3) is 0 Å². The molecule has 2 rings (SSSR count). The van der Waals surface area contributed by atoms with Gasteiger partial charge in [0.2, 0.25) is 0 Å². The van der Waals surface area contributed by atoms with Crippen LogP contribution in [0.2, 0.25) is 0 Å². The highest BCUT2D eigenvalue weighted by Gasteiger charge is 2.14. The molecule has 14 heavy (non-hydrogen) atoms. The highest BCUT2D eigenvalue weighted by Crippen LogP contribution is 2.24. The first-order chi connectivity index (χ1) is 6.95. The van der Waals surface area contributed by atoms with E-state index in [1.54, 1.807) is 0 Å². The van der Waals surface area contributed by atoms with Crippen LogP contribution >= 0.6 is 11.8 Å².